The summed E-state index contributed by atoms with van der Waals surface area (Å²) in [4.78, 5) is 25.9. The van der Waals surface area contributed by atoms with Gasteiger partial charge in [-0.15, -0.1) is 0 Å². The number of aryl methyl sites for hydroxylation is 2. The fraction of sp³-hybridized carbons (Fsp3) is 0.417. The van der Waals surface area contributed by atoms with Gasteiger partial charge < -0.3 is 4.74 Å². The number of rotatable bonds is 2. The molecule has 146 valence electrons. The molecule has 2 aliphatic rings. The monoisotopic (exact) mass is 396 g/mol. The number of carbonyl (C=O) groups excluding carboxylic acids is 2. The van der Waals surface area contributed by atoms with Crippen LogP contribution in [0, 0.1) is 20.8 Å². The van der Waals surface area contributed by atoms with E-state index in [-0.39, 0.29) is 5.78 Å². The normalized spacial score (nSPS) is 21.2. The van der Waals surface area contributed by atoms with Crippen LogP contribution >= 0.6 is 11.6 Å². The SMILES string of the molecule is Cc1cc(-c2cccc(C)c2C)c(Cl)cc1C1C(=O)OC2(CCCCC2)C1=O. The molecular formula is C24H25ClO3. The number of Topliss-reactive ketones (excluding diaryl/α,β-unsaturated/α-hetero) is 1. The fourth-order valence-corrected chi connectivity index (χ4v) is 4.94. The zero-order chi connectivity index (χ0) is 20.1. The molecule has 0 aromatic heterocycles. The molecule has 1 spiro atoms. The van der Waals surface area contributed by atoms with Crippen molar-refractivity contribution in [3.05, 3.63) is 57.6 Å². The molecule has 1 unspecified atom stereocenters. The van der Waals surface area contributed by atoms with Gasteiger partial charge in [0, 0.05) is 10.6 Å². The molecule has 3 nitrogen and oxygen atoms in total. The van der Waals surface area contributed by atoms with Gasteiger partial charge in [-0.1, -0.05) is 36.2 Å². The molecule has 1 saturated carbocycles. The van der Waals surface area contributed by atoms with Crippen molar-refractivity contribution in [1.82, 2.24) is 0 Å². The van der Waals surface area contributed by atoms with Gasteiger partial charge in [0.1, 0.15) is 5.92 Å². The average molecular weight is 397 g/mol. The van der Waals surface area contributed by atoms with Gasteiger partial charge in [-0.3, -0.25) is 9.59 Å². The van der Waals surface area contributed by atoms with Gasteiger partial charge in [0.25, 0.3) is 0 Å². The fourth-order valence-electron chi connectivity index (χ4n) is 4.67. The van der Waals surface area contributed by atoms with Crippen LogP contribution in [0.2, 0.25) is 5.02 Å². The molecule has 1 aliphatic carbocycles. The summed E-state index contributed by atoms with van der Waals surface area (Å²) in [6.45, 7) is 6.09. The lowest BCUT2D eigenvalue weighted by molar-refractivity contribution is -0.154. The van der Waals surface area contributed by atoms with Crippen LogP contribution in [0.3, 0.4) is 0 Å². The molecule has 1 saturated heterocycles. The molecule has 1 heterocycles. The molecule has 0 radical (unpaired) electrons. The van der Waals surface area contributed by atoms with Crippen LogP contribution in [0.5, 0.6) is 0 Å². The van der Waals surface area contributed by atoms with Crippen molar-refractivity contribution in [3.63, 3.8) is 0 Å². The topological polar surface area (TPSA) is 43.4 Å². The summed E-state index contributed by atoms with van der Waals surface area (Å²) in [7, 11) is 0. The van der Waals surface area contributed by atoms with Gasteiger partial charge in [0.2, 0.25) is 0 Å². The zero-order valence-electron chi connectivity index (χ0n) is 16.6. The molecule has 0 amide bonds. The third-order valence-corrected chi connectivity index (χ3v) is 6.78. The third-order valence-electron chi connectivity index (χ3n) is 6.47. The summed E-state index contributed by atoms with van der Waals surface area (Å²) < 4.78 is 5.68. The summed E-state index contributed by atoms with van der Waals surface area (Å²) in [5, 5.41) is 0.555. The first-order chi connectivity index (χ1) is 13.3. The van der Waals surface area contributed by atoms with Crippen LogP contribution in [0.25, 0.3) is 11.1 Å². The van der Waals surface area contributed by atoms with Crippen LogP contribution in [0.15, 0.2) is 30.3 Å². The van der Waals surface area contributed by atoms with Crippen molar-refractivity contribution in [2.24, 2.45) is 0 Å². The average Bonchev–Trinajstić information content (AvgIpc) is 2.89. The van der Waals surface area contributed by atoms with Crippen molar-refractivity contribution in [2.45, 2.75) is 64.4 Å². The molecule has 4 rings (SSSR count). The summed E-state index contributed by atoms with van der Waals surface area (Å²) in [5.41, 5.74) is 5.03. The Hall–Kier alpha value is -2.13. The predicted octanol–water partition coefficient (Wildman–Crippen LogP) is 5.84. The lowest BCUT2D eigenvalue weighted by Gasteiger charge is -2.29. The Kier molecular flexibility index (Phi) is 4.83. The van der Waals surface area contributed by atoms with E-state index in [1.165, 1.54) is 11.1 Å². The first-order valence-electron chi connectivity index (χ1n) is 9.98. The number of benzene rings is 2. The first-order valence-corrected chi connectivity index (χ1v) is 10.4. The second kappa shape index (κ2) is 7.04. The number of ether oxygens (including phenoxy) is 1. The molecule has 2 aromatic carbocycles. The Bertz CT molecular complexity index is 970. The Morgan fingerprint density at radius 2 is 1.68 bits per heavy atom. The Morgan fingerprint density at radius 3 is 2.39 bits per heavy atom. The zero-order valence-corrected chi connectivity index (χ0v) is 17.4. The Morgan fingerprint density at radius 1 is 0.964 bits per heavy atom. The van der Waals surface area contributed by atoms with Crippen molar-refractivity contribution >= 4 is 23.4 Å². The lowest BCUT2D eigenvalue weighted by atomic mass is 9.77. The Balaban J connectivity index is 1.76. The van der Waals surface area contributed by atoms with Gasteiger partial charge in [0.15, 0.2) is 11.4 Å². The van der Waals surface area contributed by atoms with Crippen LogP contribution in [-0.2, 0) is 14.3 Å². The van der Waals surface area contributed by atoms with E-state index in [9.17, 15) is 9.59 Å². The van der Waals surface area contributed by atoms with Crippen molar-refractivity contribution in [2.75, 3.05) is 0 Å². The molecule has 2 aromatic rings. The van der Waals surface area contributed by atoms with E-state index in [0.717, 1.165) is 36.0 Å². The van der Waals surface area contributed by atoms with Gasteiger partial charge in [-0.2, -0.15) is 0 Å². The smallest absolute Gasteiger partial charge is 0.322 e. The molecule has 0 bridgehead atoms. The van der Waals surface area contributed by atoms with Crippen LogP contribution in [0.1, 0.15) is 60.3 Å². The van der Waals surface area contributed by atoms with E-state index >= 15 is 0 Å². The molecule has 28 heavy (non-hydrogen) atoms. The van der Waals surface area contributed by atoms with Gasteiger partial charge in [-0.25, -0.2) is 0 Å². The van der Waals surface area contributed by atoms with E-state index in [0.29, 0.717) is 23.4 Å². The summed E-state index contributed by atoms with van der Waals surface area (Å²) in [6, 6.07) is 9.92. The molecule has 2 fully saturated rings. The summed E-state index contributed by atoms with van der Waals surface area (Å²) in [5.74, 6) is -1.37. The third kappa shape index (κ3) is 2.97. The number of hydrogen-bond acceptors (Lipinski definition) is 3. The van der Waals surface area contributed by atoms with Crippen molar-refractivity contribution in [3.8, 4) is 11.1 Å². The van der Waals surface area contributed by atoms with Crippen molar-refractivity contribution < 1.29 is 14.3 Å². The maximum Gasteiger partial charge on any atom is 0.322 e. The lowest BCUT2D eigenvalue weighted by Crippen LogP contribution is -2.39. The van der Waals surface area contributed by atoms with Crippen LogP contribution < -0.4 is 0 Å². The van der Waals surface area contributed by atoms with E-state index < -0.39 is 17.5 Å². The van der Waals surface area contributed by atoms with E-state index in [1.54, 1.807) is 6.07 Å². The van der Waals surface area contributed by atoms with Gasteiger partial charge in [0.05, 0.1) is 0 Å². The number of carbonyl (C=O) groups is 2. The second-order valence-corrected chi connectivity index (χ2v) is 8.62. The minimum Gasteiger partial charge on any atom is -0.450 e. The number of esters is 1. The Labute approximate surface area is 171 Å². The molecular weight excluding hydrogens is 372 g/mol. The highest BCUT2D eigenvalue weighted by Crippen LogP contribution is 2.45. The van der Waals surface area contributed by atoms with Gasteiger partial charge in [-0.05, 0) is 86.4 Å². The molecule has 1 aliphatic heterocycles. The number of halogens is 1. The molecule has 4 heteroatoms. The number of hydrogen-bond donors (Lipinski definition) is 0. The minimum absolute atomic E-state index is 0.0872. The quantitative estimate of drug-likeness (QED) is 0.472. The second-order valence-electron chi connectivity index (χ2n) is 8.21. The minimum atomic E-state index is -0.912. The van der Waals surface area contributed by atoms with E-state index in [2.05, 4.69) is 26.0 Å². The van der Waals surface area contributed by atoms with Gasteiger partial charge >= 0.3 is 5.97 Å². The first kappa shape index (κ1) is 19.2. The maximum absolute atomic E-state index is 13.2. The van der Waals surface area contributed by atoms with Crippen LogP contribution in [-0.4, -0.2) is 17.4 Å². The highest BCUT2D eigenvalue weighted by atomic mass is 35.5. The maximum atomic E-state index is 13.2. The largest absolute Gasteiger partial charge is 0.450 e. The molecule has 0 N–H and O–H groups in total. The molecule has 1 atom stereocenters. The van der Waals surface area contributed by atoms with E-state index in [4.69, 9.17) is 16.3 Å². The standard InChI is InChI=1S/C24H25ClO3/c1-14-8-7-9-17(16(14)3)19-12-15(2)18(13-20(19)25)21-22(26)24(28-23(21)27)10-5-4-6-11-24/h7-9,12-13,21H,4-6,10-11H2,1-3H3. The highest BCUT2D eigenvalue weighted by Gasteiger charge is 2.55. The summed E-state index contributed by atoms with van der Waals surface area (Å²) in [6.07, 6.45) is 4.23. The van der Waals surface area contributed by atoms with E-state index in [1.807, 2.05) is 19.1 Å². The van der Waals surface area contributed by atoms with Crippen LogP contribution in [0.4, 0.5) is 0 Å². The predicted molar refractivity (Wildman–Crippen MR) is 111 cm³/mol. The van der Waals surface area contributed by atoms with Crippen molar-refractivity contribution in [1.29, 1.82) is 0 Å². The summed E-state index contributed by atoms with van der Waals surface area (Å²) >= 11 is 6.65. The highest BCUT2D eigenvalue weighted by molar-refractivity contribution is 6.33. The number of ketones is 1.